The fraction of sp³-hybridized carbons (Fsp3) is 0.619. The third kappa shape index (κ3) is 5.23. The Morgan fingerprint density at radius 2 is 2.21 bits per heavy atom. The monoisotopic (exact) mass is 387 g/mol. The normalized spacial score (nSPS) is 24.2. The maximum atomic E-state index is 12.0. The minimum atomic E-state index is 0.0716. The van der Waals surface area contributed by atoms with Crippen molar-refractivity contribution in [2.75, 3.05) is 44.7 Å². The summed E-state index contributed by atoms with van der Waals surface area (Å²) in [5.74, 6) is 1.02. The lowest BCUT2D eigenvalue weighted by Crippen LogP contribution is -2.49. The van der Waals surface area contributed by atoms with Crippen LogP contribution in [-0.4, -0.2) is 68.2 Å². The van der Waals surface area contributed by atoms with Crippen LogP contribution in [0.25, 0.3) is 0 Å². The highest BCUT2D eigenvalue weighted by Crippen LogP contribution is 2.31. The van der Waals surface area contributed by atoms with Gasteiger partial charge in [-0.2, -0.15) is 0 Å². The molecule has 7 nitrogen and oxygen atoms in total. The van der Waals surface area contributed by atoms with Gasteiger partial charge in [-0.05, 0) is 32.4 Å². The number of guanidine groups is 1. The smallest absolute Gasteiger partial charge is 0.225 e. The van der Waals surface area contributed by atoms with Crippen LogP contribution in [0.3, 0.4) is 0 Å². The van der Waals surface area contributed by atoms with Gasteiger partial charge in [0.15, 0.2) is 5.96 Å². The van der Waals surface area contributed by atoms with Crippen LogP contribution in [0.5, 0.6) is 0 Å². The van der Waals surface area contributed by atoms with Crippen molar-refractivity contribution in [3.05, 3.63) is 29.8 Å². The second-order valence-corrected chi connectivity index (χ2v) is 7.65. The number of nitrogens with one attached hydrogen (secondary N) is 3. The molecule has 0 saturated carbocycles. The number of para-hydroxylation sites is 1. The minimum absolute atomic E-state index is 0.0716. The van der Waals surface area contributed by atoms with Gasteiger partial charge in [0.1, 0.15) is 0 Å². The van der Waals surface area contributed by atoms with Gasteiger partial charge in [0, 0.05) is 49.7 Å². The van der Waals surface area contributed by atoms with Gasteiger partial charge in [-0.25, -0.2) is 0 Å². The fourth-order valence-electron chi connectivity index (χ4n) is 3.97. The van der Waals surface area contributed by atoms with Gasteiger partial charge >= 0.3 is 0 Å². The Kier molecular flexibility index (Phi) is 7.28. The van der Waals surface area contributed by atoms with Crippen LogP contribution in [0.4, 0.5) is 5.69 Å². The molecule has 2 aliphatic heterocycles. The molecule has 0 aliphatic carbocycles. The molecule has 0 bridgehead atoms. The number of carbonyl (C=O) groups excluding carboxylic acids is 1. The standard InChI is InChI=1S/C21H33N5O2/c1-4-22-21(23-12-15(2)26-9-10-28-14-16(26)3)24-13-17-11-20(27)25-19-8-6-5-7-18(17)19/h5-8,15-17H,4,9-14H2,1-3H3,(H,25,27)(H2,22,23,24). The van der Waals surface area contributed by atoms with E-state index in [0.29, 0.717) is 25.0 Å². The first-order valence-corrected chi connectivity index (χ1v) is 10.3. The van der Waals surface area contributed by atoms with Crippen molar-refractivity contribution >= 4 is 17.6 Å². The molecule has 2 heterocycles. The predicted octanol–water partition coefficient (Wildman–Crippen LogP) is 1.78. The van der Waals surface area contributed by atoms with Crippen molar-refractivity contribution < 1.29 is 9.53 Å². The third-order valence-electron chi connectivity index (χ3n) is 5.47. The first-order chi connectivity index (χ1) is 13.6. The van der Waals surface area contributed by atoms with Crippen LogP contribution >= 0.6 is 0 Å². The summed E-state index contributed by atoms with van der Waals surface area (Å²) >= 11 is 0. The molecular weight excluding hydrogens is 354 g/mol. The largest absolute Gasteiger partial charge is 0.379 e. The number of carbonyl (C=O) groups is 1. The third-order valence-corrected chi connectivity index (χ3v) is 5.47. The van der Waals surface area contributed by atoms with Gasteiger partial charge in [-0.3, -0.25) is 14.7 Å². The number of amides is 1. The van der Waals surface area contributed by atoms with Gasteiger partial charge in [0.2, 0.25) is 5.91 Å². The zero-order chi connectivity index (χ0) is 19.9. The van der Waals surface area contributed by atoms with Crippen molar-refractivity contribution in [1.29, 1.82) is 0 Å². The van der Waals surface area contributed by atoms with Crippen molar-refractivity contribution in [1.82, 2.24) is 15.5 Å². The average molecular weight is 388 g/mol. The SMILES string of the molecule is CCNC(=NCC(C)N1CCOCC1C)NCC1CC(=O)Nc2ccccc21. The van der Waals surface area contributed by atoms with Gasteiger partial charge in [0.05, 0.1) is 19.8 Å². The number of benzene rings is 1. The number of ether oxygens (including phenoxy) is 1. The second kappa shape index (κ2) is 9.89. The Morgan fingerprint density at radius 1 is 1.39 bits per heavy atom. The van der Waals surface area contributed by atoms with Crippen LogP contribution < -0.4 is 16.0 Å². The molecule has 1 saturated heterocycles. The van der Waals surface area contributed by atoms with Crippen LogP contribution in [0.15, 0.2) is 29.3 Å². The first-order valence-electron chi connectivity index (χ1n) is 10.3. The second-order valence-electron chi connectivity index (χ2n) is 7.65. The molecular formula is C21H33N5O2. The van der Waals surface area contributed by atoms with Gasteiger partial charge < -0.3 is 20.7 Å². The number of nitrogens with zero attached hydrogens (tertiary/aromatic N) is 2. The molecule has 1 fully saturated rings. The Morgan fingerprint density at radius 3 is 3.00 bits per heavy atom. The summed E-state index contributed by atoms with van der Waals surface area (Å²) in [6.07, 6.45) is 0.491. The van der Waals surface area contributed by atoms with E-state index in [1.54, 1.807) is 0 Å². The zero-order valence-corrected chi connectivity index (χ0v) is 17.2. The quantitative estimate of drug-likeness (QED) is 0.512. The molecule has 3 unspecified atom stereocenters. The Balaban J connectivity index is 1.60. The minimum Gasteiger partial charge on any atom is -0.379 e. The number of rotatable bonds is 6. The summed E-state index contributed by atoms with van der Waals surface area (Å²) in [5, 5.41) is 9.71. The average Bonchev–Trinajstić information content (AvgIpc) is 2.69. The lowest BCUT2D eigenvalue weighted by atomic mass is 9.90. The van der Waals surface area contributed by atoms with Crippen LogP contribution in [0.1, 0.15) is 38.7 Å². The summed E-state index contributed by atoms with van der Waals surface area (Å²) in [5.41, 5.74) is 2.10. The molecule has 0 aromatic heterocycles. The highest BCUT2D eigenvalue weighted by atomic mass is 16.5. The molecule has 1 aromatic rings. The fourth-order valence-corrected chi connectivity index (χ4v) is 3.97. The van der Waals surface area contributed by atoms with E-state index in [9.17, 15) is 4.79 Å². The molecule has 28 heavy (non-hydrogen) atoms. The predicted molar refractivity (Wildman–Crippen MR) is 113 cm³/mol. The highest BCUT2D eigenvalue weighted by Gasteiger charge is 2.25. The maximum Gasteiger partial charge on any atom is 0.225 e. The zero-order valence-electron chi connectivity index (χ0n) is 17.2. The van der Waals surface area contributed by atoms with E-state index in [1.807, 2.05) is 18.2 Å². The van der Waals surface area contributed by atoms with Crippen LogP contribution in [0.2, 0.25) is 0 Å². The topological polar surface area (TPSA) is 78.0 Å². The van der Waals surface area contributed by atoms with E-state index in [0.717, 1.165) is 44.5 Å². The van der Waals surface area contributed by atoms with E-state index in [-0.39, 0.29) is 11.8 Å². The molecule has 3 atom stereocenters. The summed E-state index contributed by atoms with van der Waals surface area (Å²) in [4.78, 5) is 19.3. The van der Waals surface area contributed by atoms with Gasteiger partial charge in [0.25, 0.3) is 0 Å². The van der Waals surface area contributed by atoms with Gasteiger partial charge in [-0.1, -0.05) is 18.2 Å². The Labute approximate surface area is 167 Å². The number of fused-ring (bicyclic) bond motifs is 1. The molecule has 0 radical (unpaired) electrons. The number of hydrogen-bond donors (Lipinski definition) is 3. The molecule has 1 amide bonds. The van der Waals surface area contributed by atoms with Crippen molar-refractivity contribution in [3.63, 3.8) is 0 Å². The number of aliphatic imine (C=N–C) groups is 1. The summed E-state index contributed by atoms with van der Waals surface area (Å²) in [6.45, 7) is 11.2. The van der Waals surface area contributed by atoms with E-state index in [1.165, 1.54) is 5.56 Å². The maximum absolute atomic E-state index is 12.0. The Bertz CT molecular complexity index is 693. The molecule has 3 N–H and O–H groups in total. The first kappa shape index (κ1) is 20.6. The van der Waals surface area contributed by atoms with E-state index in [4.69, 9.17) is 9.73 Å². The van der Waals surface area contributed by atoms with Crippen LogP contribution in [-0.2, 0) is 9.53 Å². The number of hydrogen-bond acceptors (Lipinski definition) is 4. The summed E-state index contributed by atoms with van der Waals surface area (Å²) in [6, 6.07) is 8.81. The lowest BCUT2D eigenvalue weighted by Gasteiger charge is -2.37. The summed E-state index contributed by atoms with van der Waals surface area (Å²) < 4.78 is 5.53. The summed E-state index contributed by atoms with van der Waals surface area (Å²) in [7, 11) is 0. The molecule has 2 aliphatic rings. The molecule has 0 spiro atoms. The molecule has 154 valence electrons. The molecule has 7 heteroatoms. The van der Waals surface area contributed by atoms with E-state index >= 15 is 0 Å². The number of anilines is 1. The molecule has 1 aromatic carbocycles. The molecule has 3 rings (SSSR count). The van der Waals surface area contributed by atoms with Crippen LogP contribution in [0, 0.1) is 0 Å². The lowest BCUT2D eigenvalue weighted by molar-refractivity contribution is -0.116. The van der Waals surface area contributed by atoms with E-state index < -0.39 is 0 Å². The van der Waals surface area contributed by atoms with Crippen molar-refractivity contribution in [3.8, 4) is 0 Å². The van der Waals surface area contributed by atoms with Crippen molar-refractivity contribution in [2.45, 2.75) is 45.2 Å². The van der Waals surface area contributed by atoms with Gasteiger partial charge in [-0.15, -0.1) is 0 Å². The highest BCUT2D eigenvalue weighted by molar-refractivity contribution is 5.94. The van der Waals surface area contributed by atoms with Crippen molar-refractivity contribution in [2.24, 2.45) is 4.99 Å². The van der Waals surface area contributed by atoms with E-state index in [2.05, 4.69) is 47.7 Å². The Hall–Kier alpha value is -2.12. The number of morpholine rings is 1.